The summed E-state index contributed by atoms with van der Waals surface area (Å²) in [5.74, 6) is -0.984. The first-order chi connectivity index (χ1) is 8.21. The highest BCUT2D eigenvalue weighted by molar-refractivity contribution is 5.81. The molecule has 0 atom stereocenters. The van der Waals surface area contributed by atoms with Gasteiger partial charge in [-0.15, -0.1) is 0 Å². The molecule has 0 unspecified atom stereocenters. The van der Waals surface area contributed by atoms with Crippen LogP contribution in [-0.2, 0) is 4.79 Å². The summed E-state index contributed by atoms with van der Waals surface area (Å²) >= 11 is 0. The lowest BCUT2D eigenvalue weighted by atomic mass is 10.1. The summed E-state index contributed by atoms with van der Waals surface area (Å²) in [5, 5.41) is 8.91. The van der Waals surface area contributed by atoms with Crippen LogP contribution in [0.4, 0.5) is 4.79 Å². The van der Waals surface area contributed by atoms with Gasteiger partial charge >= 0.3 is 12.0 Å². The third-order valence-corrected chi connectivity index (χ3v) is 3.04. The van der Waals surface area contributed by atoms with Crippen LogP contribution in [0, 0.1) is 0 Å². The highest BCUT2D eigenvalue weighted by atomic mass is 16.4. The molecule has 0 aromatic heterocycles. The zero-order valence-electron chi connectivity index (χ0n) is 11.6. The summed E-state index contributed by atoms with van der Waals surface area (Å²) in [4.78, 5) is 26.3. The number of rotatable bonds is 2. The average Bonchev–Trinajstić information content (AvgIpc) is 2.24. The third-order valence-electron chi connectivity index (χ3n) is 3.04. The summed E-state index contributed by atoms with van der Waals surface area (Å²) in [7, 11) is 0. The van der Waals surface area contributed by atoms with E-state index in [2.05, 4.69) is 0 Å². The first kappa shape index (κ1) is 14.5. The van der Waals surface area contributed by atoms with Crippen LogP contribution >= 0.6 is 0 Å². The number of aliphatic carboxylic acids is 1. The number of nitrogens with zero attached hydrogens (tertiary/aromatic N) is 2. The Balaban J connectivity index is 2.80. The first-order valence-electron chi connectivity index (χ1n) is 6.16. The van der Waals surface area contributed by atoms with Crippen LogP contribution in [0.15, 0.2) is 11.6 Å². The molecule has 102 valence electrons. The van der Waals surface area contributed by atoms with Crippen LogP contribution in [-0.4, -0.2) is 52.1 Å². The molecule has 2 amide bonds. The number of carboxylic acid groups (broad SMARTS) is 1. The number of carbonyl (C=O) groups is 2. The summed E-state index contributed by atoms with van der Waals surface area (Å²) in [5.41, 5.74) is 0.783. The maximum atomic E-state index is 12.3. The monoisotopic (exact) mass is 254 g/mol. The zero-order valence-corrected chi connectivity index (χ0v) is 11.6. The highest BCUT2D eigenvalue weighted by Crippen LogP contribution is 2.18. The van der Waals surface area contributed by atoms with Crippen molar-refractivity contribution in [3.8, 4) is 0 Å². The molecule has 1 N–H and O–H groups in total. The van der Waals surface area contributed by atoms with E-state index in [9.17, 15) is 9.59 Å². The molecule has 1 rings (SSSR count). The zero-order chi connectivity index (χ0) is 13.9. The number of urea groups is 1. The Morgan fingerprint density at radius 2 is 2.06 bits per heavy atom. The van der Waals surface area contributed by atoms with E-state index in [4.69, 9.17) is 5.11 Å². The Kier molecular flexibility index (Phi) is 4.38. The molecule has 0 aromatic carbocycles. The largest absolute Gasteiger partial charge is 0.480 e. The fourth-order valence-electron chi connectivity index (χ4n) is 1.84. The van der Waals surface area contributed by atoms with Crippen LogP contribution in [0.2, 0.25) is 0 Å². The Bertz CT molecular complexity index is 369. The molecule has 0 fully saturated rings. The topological polar surface area (TPSA) is 60.9 Å². The first-order valence-corrected chi connectivity index (χ1v) is 6.16. The second kappa shape index (κ2) is 5.42. The van der Waals surface area contributed by atoms with Crippen molar-refractivity contribution >= 4 is 12.0 Å². The summed E-state index contributed by atoms with van der Waals surface area (Å²) < 4.78 is 0. The van der Waals surface area contributed by atoms with Gasteiger partial charge in [-0.05, 0) is 34.1 Å². The van der Waals surface area contributed by atoms with E-state index >= 15 is 0 Å². The number of hydrogen-bond acceptors (Lipinski definition) is 2. The lowest BCUT2D eigenvalue weighted by molar-refractivity contribution is -0.138. The smallest absolute Gasteiger partial charge is 0.323 e. The summed E-state index contributed by atoms with van der Waals surface area (Å²) in [6.45, 7) is 8.54. The molecule has 0 radical (unpaired) electrons. The van der Waals surface area contributed by atoms with Crippen molar-refractivity contribution in [3.63, 3.8) is 0 Å². The Morgan fingerprint density at radius 1 is 1.44 bits per heavy atom. The second-order valence-electron chi connectivity index (χ2n) is 5.68. The van der Waals surface area contributed by atoms with Crippen molar-refractivity contribution in [2.75, 3.05) is 19.6 Å². The number of carboxylic acids is 1. The lowest BCUT2D eigenvalue weighted by Crippen LogP contribution is -2.54. The van der Waals surface area contributed by atoms with E-state index in [1.807, 2.05) is 33.8 Å². The van der Waals surface area contributed by atoms with Gasteiger partial charge in [0.25, 0.3) is 0 Å². The standard InChI is InChI=1S/C13H22N2O3/c1-10-5-7-14(8-6-10)12(18)15(9-11(16)17)13(2,3)4/h5H,6-9H2,1-4H3,(H,16,17). The van der Waals surface area contributed by atoms with Crippen molar-refractivity contribution in [1.29, 1.82) is 0 Å². The maximum absolute atomic E-state index is 12.3. The molecule has 1 heterocycles. The van der Waals surface area contributed by atoms with Crippen molar-refractivity contribution in [1.82, 2.24) is 9.80 Å². The molecule has 0 saturated heterocycles. The van der Waals surface area contributed by atoms with Crippen LogP contribution < -0.4 is 0 Å². The van der Waals surface area contributed by atoms with Crippen molar-refractivity contribution in [2.24, 2.45) is 0 Å². The minimum Gasteiger partial charge on any atom is -0.480 e. The second-order valence-corrected chi connectivity index (χ2v) is 5.68. The molecular formula is C13H22N2O3. The molecule has 0 aliphatic carbocycles. The lowest BCUT2D eigenvalue weighted by Gasteiger charge is -2.39. The van der Waals surface area contributed by atoms with Gasteiger partial charge in [0.1, 0.15) is 6.54 Å². The van der Waals surface area contributed by atoms with Crippen molar-refractivity contribution < 1.29 is 14.7 Å². The van der Waals surface area contributed by atoms with Gasteiger partial charge in [0.15, 0.2) is 0 Å². The molecule has 0 saturated carbocycles. The van der Waals surface area contributed by atoms with Crippen LogP contribution in [0.3, 0.4) is 0 Å². The third kappa shape index (κ3) is 3.75. The molecule has 0 spiro atoms. The van der Waals surface area contributed by atoms with Gasteiger partial charge in [-0.1, -0.05) is 11.6 Å². The SMILES string of the molecule is CC1=CCN(C(=O)N(CC(=O)O)C(C)(C)C)CC1. The minimum absolute atomic E-state index is 0.200. The normalized spacial score (nSPS) is 16.2. The van der Waals surface area contributed by atoms with Gasteiger partial charge < -0.3 is 14.9 Å². The fraction of sp³-hybridized carbons (Fsp3) is 0.692. The van der Waals surface area contributed by atoms with Crippen LogP contribution in [0.1, 0.15) is 34.1 Å². The number of amides is 2. The Hall–Kier alpha value is -1.52. The van der Waals surface area contributed by atoms with Gasteiger partial charge in [-0.2, -0.15) is 0 Å². The van der Waals surface area contributed by atoms with E-state index in [1.165, 1.54) is 10.5 Å². The predicted octanol–water partition coefficient (Wildman–Crippen LogP) is 1.94. The molecule has 18 heavy (non-hydrogen) atoms. The quantitative estimate of drug-likeness (QED) is 0.766. The van der Waals surface area contributed by atoms with E-state index in [0.29, 0.717) is 13.1 Å². The predicted molar refractivity (Wildman–Crippen MR) is 69.4 cm³/mol. The molecule has 0 aromatic rings. The fourth-order valence-corrected chi connectivity index (χ4v) is 1.84. The molecule has 0 bridgehead atoms. The van der Waals surface area contributed by atoms with E-state index in [1.54, 1.807) is 4.90 Å². The molecule has 5 nitrogen and oxygen atoms in total. The number of hydrogen-bond donors (Lipinski definition) is 1. The molecule has 1 aliphatic rings. The maximum Gasteiger partial charge on any atom is 0.323 e. The summed E-state index contributed by atoms with van der Waals surface area (Å²) in [6.07, 6.45) is 2.87. The van der Waals surface area contributed by atoms with Gasteiger partial charge in [0.2, 0.25) is 0 Å². The van der Waals surface area contributed by atoms with Crippen molar-refractivity contribution in [2.45, 2.75) is 39.7 Å². The molecule has 5 heteroatoms. The number of carbonyl (C=O) groups excluding carboxylic acids is 1. The Morgan fingerprint density at radius 3 is 2.44 bits per heavy atom. The van der Waals surface area contributed by atoms with E-state index in [0.717, 1.165) is 6.42 Å². The van der Waals surface area contributed by atoms with Gasteiger partial charge in [-0.25, -0.2) is 4.79 Å². The van der Waals surface area contributed by atoms with E-state index < -0.39 is 11.5 Å². The molecule has 1 aliphatic heterocycles. The van der Waals surface area contributed by atoms with E-state index in [-0.39, 0.29) is 12.6 Å². The highest BCUT2D eigenvalue weighted by Gasteiger charge is 2.31. The Labute approximate surface area is 108 Å². The van der Waals surface area contributed by atoms with Crippen molar-refractivity contribution in [3.05, 3.63) is 11.6 Å². The minimum atomic E-state index is -0.984. The van der Waals surface area contributed by atoms with Gasteiger partial charge in [0.05, 0.1) is 0 Å². The van der Waals surface area contributed by atoms with Gasteiger partial charge in [0, 0.05) is 18.6 Å². The van der Waals surface area contributed by atoms with Gasteiger partial charge in [-0.3, -0.25) is 4.79 Å². The summed E-state index contributed by atoms with van der Waals surface area (Å²) in [6, 6.07) is -0.200. The van der Waals surface area contributed by atoms with Crippen LogP contribution in [0.5, 0.6) is 0 Å². The molecular weight excluding hydrogens is 232 g/mol. The average molecular weight is 254 g/mol. The van der Waals surface area contributed by atoms with Crippen LogP contribution in [0.25, 0.3) is 0 Å².